The lowest BCUT2D eigenvalue weighted by molar-refractivity contribution is -0.142. The zero-order valence-electron chi connectivity index (χ0n) is 14.4. The van der Waals surface area contributed by atoms with E-state index in [0.717, 1.165) is 10.9 Å². The van der Waals surface area contributed by atoms with E-state index < -0.39 is 5.97 Å². The third-order valence-electron chi connectivity index (χ3n) is 3.84. The number of methoxy groups -OCH3 is 2. The van der Waals surface area contributed by atoms with Crippen molar-refractivity contribution in [1.29, 1.82) is 0 Å². The maximum atomic E-state index is 12.6. The first-order valence-electron chi connectivity index (χ1n) is 7.87. The van der Waals surface area contributed by atoms with Gasteiger partial charge >= 0.3 is 5.97 Å². The molecule has 1 amide bonds. The van der Waals surface area contributed by atoms with Crippen LogP contribution in [0.4, 0.5) is 5.69 Å². The lowest BCUT2D eigenvalue weighted by atomic mass is 10.1. The van der Waals surface area contributed by atoms with Crippen molar-refractivity contribution in [3.63, 3.8) is 0 Å². The Morgan fingerprint density at radius 3 is 2.69 bits per heavy atom. The third kappa shape index (κ3) is 3.61. The topological polar surface area (TPSA) is 89.6 Å². The summed E-state index contributed by atoms with van der Waals surface area (Å²) in [6.07, 6.45) is 1.81. The number of aromatic nitrogens is 1. The van der Waals surface area contributed by atoms with Gasteiger partial charge in [-0.15, -0.1) is 0 Å². The molecule has 2 N–H and O–H groups in total. The molecule has 0 aliphatic rings. The second-order valence-corrected chi connectivity index (χ2v) is 5.43. The van der Waals surface area contributed by atoms with Crippen LogP contribution in [0.25, 0.3) is 10.9 Å². The summed E-state index contributed by atoms with van der Waals surface area (Å²) in [5.74, 6) is -0.131. The Morgan fingerprint density at radius 1 is 1.08 bits per heavy atom. The van der Waals surface area contributed by atoms with Crippen molar-refractivity contribution < 1.29 is 23.8 Å². The molecular formula is C19H18N2O5. The first-order chi connectivity index (χ1) is 12.6. The number of nitrogens with one attached hydrogen (secondary N) is 2. The molecular weight excluding hydrogens is 336 g/mol. The van der Waals surface area contributed by atoms with E-state index >= 15 is 0 Å². The number of anilines is 1. The lowest BCUT2D eigenvalue weighted by Gasteiger charge is -2.12. The van der Waals surface area contributed by atoms with E-state index in [-0.39, 0.29) is 18.3 Å². The van der Waals surface area contributed by atoms with E-state index in [9.17, 15) is 9.59 Å². The first kappa shape index (κ1) is 17.3. The van der Waals surface area contributed by atoms with Gasteiger partial charge in [0.05, 0.1) is 19.9 Å². The molecule has 3 aromatic rings. The first-order valence-corrected chi connectivity index (χ1v) is 7.87. The number of fused-ring (bicyclic) bond motifs is 1. The highest BCUT2D eigenvalue weighted by atomic mass is 16.6. The maximum Gasteiger partial charge on any atom is 0.343 e. The summed E-state index contributed by atoms with van der Waals surface area (Å²) in [7, 11) is 2.75. The van der Waals surface area contributed by atoms with Crippen molar-refractivity contribution >= 4 is 28.5 Å². The molecule has 0 aliphatic heterocycles. The summed E-state index contributed by atoms with van der Waals surface area (Å²) < 4.78 is 15.1. The van der Waals surface area contributed by atoms with Crippen molar-refractivity contribution in [2.45, 2.75) is 0 Å². The van der Waals surface area contributed by atoms with E-state index in [2.05, 4.69) is 15.0 Å². The summed E-state index contributed by atoms with van der Waals surface area (Å²) in [4.78, 5) is 27.0. The Hall–Kier alpha value is -3.48. The van der Waals surface area contributed by atoms with Gasteiger partial charge in [-0.05, 0) is 36.4 Å². The second kappa shape index (κ2) is 7.60. The molecule has 1 heterocycles. The average molecular weight is 354 g/mol. The van der Waals surface area contributed by atoms with Crippen LogP contribution in [0.1, 0.15) is 10.4 Å². The molecule has 0 saturated carbocycles. The van der Waals surface area contributed by atoms with Gasteiger partial charge in [-0.3, -0.25) is 4.79 Å². The highest BCUT2D eigenvalue weighted by Crippen LogP contribution is 2.29. The molecule has 0 bridgehead atoms. The van der Waals surface area contributed by atoms with E-state index in [1.807, 2.05) is 30.5 Å². The van der Waals surface area contributed by atoms with Gasteiger partial charge in [0.2, 0.25) is 0 Å². The minimum absolute atomic E-state index is 0.277. The van der Waals surface area contributed by atoms with Crippen LogP contribution in [0.2, 0.25) is 0 Å². The van der Waals surface area contributed by atoms with Crippen molar-refractivity contribution in [2.75, 3.05) is 26.1 Å². The van der Waals surface area contributed by atoms with Crippen LogP contribution in [0, 0.1) is 0 Å². The smallest absolute Gasteiger partial charge is 0.343 e. The highest BCUT2D eigenvalue weighted by molar-refractivity contribution is 6.09. The van der Waals surface area contributed by atoms with Gasteiger partial charge in [0.15, 0.2) is 18.1 Å². The molecule has 0 atom stereocenters. The fourth-order valence-corrected chi connectivity index (χ4v) is 2.52. The Balaban J connectivity index is 1.82. The minimum atomic E-state index is -0.527. The Morgan fingerprint density at radius 2 is 1.92 bits per heavy atom. The lowest BCUT2D eigenvalue weighted by Crippen LogP contribution is -2.15. The van der Waals surface area contributed by atoms with Crippen LogP contribution in [0.3, 0.4) is 0 Å². The fourth-order valence-electron chi connectivity index (χ4n) is 2.52. The quantitative estimate of drug-likeness (QED) is 0.664. The molecule has 0 unspecified atom stereocenters. The monoisotopic (exact) mass is 354 g/mol. The van der Waals surface area contributed by atoms with Crippen LogP contribution >= 0.6 is 0 Å². The van der Waals surface area contributed by atoms with E-state index in [1.165, 1.54) is 20.3 Å². The molecule has 7 nitrogen and oxygen atoms in total. The van der Waals surface area contributed by atoms with E-state index in [1.54, 1.807) is 12.1 Å². The van der Waals surface area contributed by atoms with E-state index in [4.69, 9.17) is 9.47 Å². The number of H-pyrrole nitrogens is 1. The second-order valence-electron chi connectivity index (χ2n) is 5.43. The standard InChI is InChI=1S/C19H18N2O5/c1-24-16-7-6-12(10-17(16)26-11-18(22)25-2)19(23)21-15-5-3-4-14-13(15)8-9-20-14/h3-10,20H,11H2,1-2H3,(H,21,23). The minimum Gasteiger partial charge on any atom is -0.493 e. The SMILES string of the molecule is COC(=O)COc1cc(C(=O)Nc2cccc3[nH]ccc23)ccc1OC. The van der Waals surface area contributed by atoms with Gasteiger partial charge in [-0.25, -0.2) is 4.79 Å². The molecule has 2 aromatic carbocycles. The van der Waals surface area contributed by atoms with Gasteiger partial charge in [0.25, 0.3) is 5.91 Å². The number of carbonyl (C=O) groups excluding carboxylic acids is 2. The van der Waals surface area contributed by atoms with Crippen molar-refractivity contribution in [1.82, 2.24) is 4.98 Å². The van der Waals surface area contributed by atoms with Crippen LogP contribution in [0.5, 0.6) is 11.5 Å². The van der Waals surface area contributed by atoms with Crippen molar-refractivity contribution in [2.24, 2.45) is 0 Å². The number of hydrogen-bond acceptors (Lipinski definition) is 5. The Bertz CT molecular complexity index is 948. The summed E-state index contributed by atoms with van der Waals surface area (Å²) in [5, 5.41) is 3.79. The number of aromatic amines is 1. The van der Waals surface area contributed by atoms with Crippen LogP contribution in [-0.4, -0.2) is 37.7 Å². The number of hydrogen-bond donors (Lipinski definition) is 2. The maximum absolute atomic E-state index is 12.6. The molecule has 0 radical (unpaired) electrons. The number of benzene rings is 2. The molecule has 3 rings (SSSR count). The van der Waals surface area contributed by atoms with Crippen molar-refractivity contribution in [3.8, 4) is 11.5 Å². The summed E-state index contributed by atoms with van der Waals surface area (Å²) in [6, 6.07) is 12.3. The van der Waals surface area contributed by atoms with Gasteiger partial charge in [0.1, 0.15) is 0 Å². The molecule has 0 fully saturated rings. The molecule has 0 spiro atoms. The van der Waals surface area contributed by atoms with Crippen LogP contribution in [-0.2, 0) is 9.53 Å². The normalized spacial score (nSPS) is 10.4. The summed E-state index contributed by atoms with van der Waals surface area (Å²) in [5.41, 5.74) is 2.00. The predicted octanol–water partition coefficient (Wildman–Crippen LogP) is 2.98. The fraction of sp³-hybridized carbons (Fsp3) is 0.158. The number of amides is 1. The van der Waals surface area contributed by atoms with Gasteiger partial charge in [0, 0.05) is 22.7 Å². The van der Waals surface area contributed by atoms with Gasteiger partial charge < -0.3 is 24.5 Å². The van der Waals surface area contributed by atoms with Crippen LogP contribution < -0.4 is 14.8 Å². The molecule has 134 valence electrons. The number of ether oxygens (including phenoxy) is 3. The summed E-state index contributed by atoms with van der Waals surface area (Å²) >= 11 is 0. The zero-order valence-corrected chi connectivity index (χ0v) is 14.4. The van der Waals surface area contributed by atoms with Gasteiger partial charge in [-0.2, -0.15) is 0 Å². The number of rotatable bonds is 6. The third-order valence-corrected chi connectivity index (χ3v) is 3.84. The number of carbonyl (C=O) groups is 2. The average Bonchev–Trinajstić information content (AvgIpc) is 3.15. The van der Waals surface area contributed by atoms with Crippen LogP contribution in [0.15, 0.2) is 48.7 Å². The Labute approximate surface area is 149 Å². The number of esters is 1. The molecule has 26 heavy (non-hydrogen) atoms. The highest BCUT2D eigenvalue weighted by Gasteiger charge is 2.14. The van der Waals surface area contributed by atoms with Gasteiger partial charge in [-0.1, -0.05) is 6.07 Å². The zero-order chi connectivity index (χ0) is 18.5. The molecule has 1 aromatic heterocycles. The van der Waals surface area contributed by atoms with E-state index in [0.29, 0.717) is 17.0 Å². The Kier molecular flexibility index (Phi) is 5.07. The summed E-state index contributed by atoms with van der Waals surface area (Å²) in [6.45, 7) is -0.277. The largest absolute Gasteiger partial charge is 0.493 e. The molecule has 7 heteroatoms. The predicted molar refractivity (Wildman–Crippen MR) is 96.8 cm³/mol. The molecule has 0 saturated heterocycles. The molecule has 0 aliphatic carbocycles. The van der Waals surface area contributed by atoms with Crippen molar-refractivity contribution in [3.05, 3.63) is 54.2 Å².